The summed E-state index contributed by atoms with van der Waals surface area (Å²) in [6.45, 7) is 1.23. The molecule has 0 saturated carbocycles. The van der Waals surface area contributed by atoms with Crippen LogP contribution in [0, 0.1) is 0 Å². The van der Waals surface area contributed by atoms with Crippen LogP contribution in [0.15, 0.2) is 28.0 Å². The molecular formula is C11H10O6S. The molecule has 1 aromatic rings. The van der Waals surface area contributed by atoms with Gasteiger partial charge in [0.25, 0.3) is 0 Å². The fourth-order valence-corrected chi connectivity index (χ4v) is 3.50. The molecule has 7 heteroatoms. The first kappa shape index (κ1) is 12.6. The van der Waals surface area contributed by atoms with E-state index in [1.54, 1.807) is 0 Å². The van der Waals surface area contributed by atoms with E-state index < -0.39 is 21.9 Å². The van der Waals surface area contributed by atoms with E-state index in [2.05, 4.69) is 0 Å². The minimum absolute atomic E-state index is 0.111. The van der Waals surface area contributed by atoms with Gasteiger partial charge < -0.3 is 15.3 Å². The second kappa shape index (κ2) is 3.82. The van der Waals surface area contributed by atoms with E-state index in [0.29, 0.717) is 0 Å². The standard InChI is InChI=1S/C11H10O6S/c1-5-9(10(13)11(14)15)7-3-2-6(12)4-8(7)18(5,16)17/h2-4,10,12-13H,1H3,(H,14,15). The van der Waals surface area contributed by atoms with Crippen molar-refractivity contribution in [3.8, 4) is 5.75 Å². The summed E-state index contributed by atoms with van der Waals surface area (Å²) in [7, 11) is -3.84. The molecule has 1 atom stereocenters. The molecule has 0 radical (unpaired) electrons. The van der Waals surface area contributed by atoms with Crippen LogP contribution in [-0.2, 0) is 14.6 Å². The van der Waals surface area contributed by atoms with Crippen molar-refractivity contribution in [2.75, 3.05) is 0 Å². The molecule has 6 nitrogen and oxygen atoms in total. The molecular weight excluding hydrogens is 260 g/mol. The van der Waals surface area contributed by atoms with Crippen molar-refractivity contribution in [2.24, 2.45) is 0 Å². The van der Waals surface area contributed by atoms with E-state index >= 15 is 0 Å². The fourth-order valence-electron chi connectivity index (χ4n) is 1.92. The number of rotatable bonds is 2. The van der Waals surface area contributed by atoms with Crippen LogP contribution in [0.2, 0.25) is 0 Å². The van der Waals surface area contributed by atoms with Gasteiger partial charge >= 0.3 is 5.97 Å². The number of aliphatic hydroxyl groups is 1. The van der Waals surface area contributed by atoms with E-state index in [9.17, 15) is 23.4 Å². The van der Waals surface area contributed by atoms with Crippen LogP contribution in [-0.4, -0.2) is 35.8 Å². The van der Waals surface area contributed by atoms with Gasteiger partial charge in [-0.3, -0.25) is 0 Å². The second-order valence-corrected chi connectivity index (χ2v) is 5.95. The topological polar surface area (TPSA) is 112 Å². The maximum atomic E-state index is 12.0. The molecule has 1 heterocycles. The van der Waals surface area contributed by atoms with Crippen molar-refractivity contribution in [1.82, 2.24) is 0 Å². The van der Waals surface area contributed by atoms with E-state index in [1.807, 2.05) is 0 Å². The maximum Gasteiger partial charge on any atom is 0.337 e. The van der Waals surface area contributed by atoms with Gasteiger partial charge in [0.1, 0.15) is 5.75 Å². The molecule has 1 aliphatic rings. The third-order valence-electron chi connectivity index (χ3n) is 2.83. The van der Waals surface area contributed by atoms with Gasteiger partial charge in [-0.2, -0.15) is 0 Å². The van der Waals surface area contributed by atoms with Crippen LogP contribution in [0.5, 0.6) is 5.75 Å². The zero-order valence-electron chi connectivity index (χ0n) is 9.28. The molecule has 0 saturated heterocycles. The van der Waals surface area contributed by atoms with Gasteiger partial charge in [0, 0.05) is 11.1 Å². The molecule has 3 N–H and O–H groups in total. The number of carboxylic acid groups (broad SMARTS) is 1. The number of phenolic OH excluding ortho intramolecular Hbond substituents is 1. The molecule has 0 spiro atoms. The third kappa shape index (κ3) is 1.59. The number of carbonyl (C=O) groups is 1. The zero-order chi connectivity index (χ0) is 13.7. The Labute approximate surface area is 103 Å². The van der Waals surface area contributed by atoms with Gasteiger partial charge in [-0.1, -0.05) is 0 Å². The molecule has 1 aromatic carbocycles. The number of benzene rings is 1. The van der Waals surface area contributed by atoms with Crippen LogP contribution in [0.3, 0.4) is 0 Å². The SMILES string of the molecule is CC1=C(C(O)C(=O)O)c2ccc(O)cc2S1(=O)=O. The molecule has 0 aliphatic carbocycles. The monoisotopic (exact) mass is 270 g/mol. The molecule has 0 aromatic heterocycles. The normalized spacial score (nSPS) is 18.6. The lowest BCUT2D eigenvalue weighted by molar-refractivity contribution is -0.143. The quantitative estimate of drug-likeness (QED) is 0.715. The molecule has 1 unspecified atom stereocenters. The smallest absolute Gasteiger partial charge is 0.337 e. The number of phenols is 1. The summed E-state index contributed by atoms with van der Waals surface area (Å²) in [5.41, 5.74) is -0.0438. The van der Waals surface area contributed by atoms with Crippen LogP contribution >= 0.6 is 0 Å². The molecule has 1 aliphatic heterocycles. The lowest BCUT2D eigenvalue weighted by atomic mass is 10.0. The first-order valence-corrected chi connectivity index (χ1v) is 6.45. The van der Waals surface area contributed by atoms with E-state index in [0.717, 1.165) is 6.07 Å². The summed E-state index contributed by atoms with van der Waals surface area (Å²) in [5, 5.41) is 27.6. The highest BCUT2D eigenvalue weighted by molar-refractivity contribution is 7.95. The van der Waals surface area contributed by atoms with Gasteiger partial charge in [0.05, 0.1) is 9.80 Å². The number of carboxylic acids is 1. The Balaban J connectivity index is 2.77. The largest absolute Gasteiger partial charge is 0.508 e. The van der Waals surface area contributed by atoms with Crippen molar-refractivity contribution in [3.63, 3.8) is 0 Å². The summed E-state index contributed by atoms with van der Waals surface area (Å²) >= 11 is 0. The van der Waals surface area contributed by atoms with Crippen molar-refractivity contribution >= 4 is 21.4 Å². The van der Waals surface area contributed by atoms with Crippen LogP contribution in [0.4, 0.5) is 0 Å². The molecule has 0 bridgehead atoms. The number of aromatic hydroxyl groups is 1. The number of fused-ring (bicyclic) bond motifs is 1. The summed E-state index contributed by atoms with van der Waals surface area (Å²) in [6.07, 6.45) is -1.91. The first-order valence-electron chi connectivity index (χ1n) is 4.97. The highest BCUT2D eigenvalue weighted by atomic mass is 32.2. The number of aliphatic hydroxyl groups excluding tert-OH is 1. The lowest BCUT2D eigenvalue weighted by Crippen LogP contribution is -2.21. The Morgan fingerprint density at radius 3 is 2.50 bits per heavy atom. The summed E-state index contributed by atoms with van der Waals surface area (Å²) in [5.74, 6) is -1.77. The summed E-state index contributed by atoms with van der Waals surface area (Å²) < 4.78 is 24.0. The van der Waals surface area contributed by atoms with E-state index in [-0.39, 0.29) is 26.7 Å². The minimum atomic E-state index is -3.84. The molecule has 2 rings (SSSR count). The maximum absolute atomic E-state index is 12.0. The highest BCUT2D eigenvalue weighted by Gasteiger charge is 2.38. The Bertz CT molecular complexity index is 671. The Morgan fingerprint density at radius 2 is 1.94 bits per heavy atom. The molecule has 0 amide bonds. The second-order valence-electron chi connectivity index (χ2n) is 3.89. The lowest BCUT2D eigenvalue weighted by Gasteiger charge is -2.08. The summed E-state index contributed by atoms with van der Waals surface area (Å²) in [6, 6.07) is 3.55. The number of hydrogen-bond acceptors (Lipinski definition) is 5. The van der Waals surface area contributed by atoms with Crippen molar-refractivity contribution in [2.45, 2.75) is 17.9 Å². The minimum Gasteiger partial charge on any atom is -0.508 e. The molecule has 96 valence electrons. The Kier molecular flexibility index (Phi) is 2.67. The molecule has 0 fully saturated rings. The fraction of sp³-hybridized carbons (Fsp3) is 0.182. The van der Waals surface area contributed by atoms with Crippen molar-refractivity contribution < 1.29 is 28.5 Å². The van der Waals surface area contributed by atoms with Crippen LogP contribution in [0.25, 0.3) is 5.57 Å². The van der Waals surface area contributed by atoms with Crippen molar-refractivity contribution in [1.29, 1.82) is 0 Å². The average Bonchev–Trinajstić information content (AvgIpc) is 2.48. The van der Waals surface area contributed by atoms with Crippen molar-refractivity contribution in [3.05, 3.63) is 28.7 Å². The van der Waals surface area contributed by atoms with Gasteiger partial charge in [-0.05, 0) is 25.1 Å². The summed E-state index contributed by atoms with van der Waals surface area (Å²) in [4.78, 5) is 10.4. The first-order chi connectivity index (χ1) is 8.26. The average molecular weight is 270 g/mol. The predicted molar refractivity (Wildman–Crippen MR) is 61.5 cm³/mol. The van der Waals surface area contributed by atoms with Crippen LogP contribution in [0.1, 0.15) is 12.5 Å². The third-order valence-corrected chi connectivity index (χ3v) is 4.78. The number of aliphatic carboxylic acids is 1. The Morgan fingerprint density at radius 1 is 1.33 bits per heavy atom. The number of hydrogen-bond donors (Lipinski definition) is 3. The van der Waals surface area contributed by atoms with Gasteiger partial charge in [-0.25, -0.2) is 13.2 Å². The molecule has 18 heavy (non-hydrogen) atoms. The van der Waals surface area contributed by atoms with Gasteiger partial charge in [0.2, 0.25) is 9.84 Å². The van der Waals surface area contributed by atoms with Crippen LogP contribution < -0.4 is 0 Å². The van der Waals surface area contributed by atoms with Gasteiger partial charge in [-0.15, -0.1) is 0 Å². The van der Waals surface area contributed by atoms with E-state index in [4.69, 9.17) is 5.11 Å². The number of sulfone groups is 1. The van der Waals surface area contributed by atoms with Gasteiger partial charge in [0.15, 0.2) is 6.10 Å². The Hall–Kier alpha value is -1.86. The predicted octanol–water partition coefficient (Wildman–Crippen LogP) is 0.356. The number of allylic oxidation sites excluding steroid dienone is 1. The van der Waals surface area contributed by atoms with E-state index in [1.165, 1.54) is 19.1 Å². The highest BCUT2D eigenvalue weighted by Crippen LogP contribution is 2.41. The zero-order valence-corrected chi connectivity index (χ0v) is 10.1.